The van der Waals surface area contributed by atoms with Gasteiger partial charge >= 0.3 is 11.9 Å². The van der Waals surface area contributed by atoms with Gasteiger partial charge < -0.3 is 14.2 Å². The number of imide groups is 1. The maximum atomic E-state index is 12.5. The summed E-state index contributed by atoms with van der Waals surface area (Å²) in [5.74, 6) is -1.67. The van der Waals surface area contributed by atoms with Crippen LogP contribution >= 0.6 is 39.3 Å². The van der Waals surface area contributed by atoms with Gasteiger partial charge in [-0.25, -0.2) is 4.79 Å². The van der Waals surface area contributed by atoms with Gasteiger partial charge in [0, 0.05) is 0 Å². The van der Waals surface area contributed by atoms with Crippen LogP contribution in [0, 0.1) is 0 Å². The van der Waals surface area contributed by atoms with Crippen LogP contribution < -0.4 is 9.47 Å². The van der Waals surface area contributed by atoms with Crippen LogP contribution in [-0.2, 0) is 14.3 Å². The van der Waals surface area contributed by atoms with Crippen molar-refractivity contribution in [3.8, 4) is 11.5 Å². The molecule has 1 saturated heterocycles. The Morgan fingerprint density at radius 1 is 1.19 bits per heavy atom. The van der Waals surface area contributed by atoms with E-state index in [0.717, 1.165) is 4.90 Å². The van der Waals surface area contributed by atoms with Crippen molar-refractivity contribution >= 4 is 68.5 Å². The molecule has 0 saturated carbocycles. The molecule has 0 aromatic heterocycles. The van der Waals surface area contributed by atoms with E-state index in [1.807, 2.05) is 0 Å². The molecule has 0 radical (unpaired) electrons. The lowest BCUT2D eigenvalue weighted by atomic mass is 10.1. The molecule has 0 aliphatic carbocycles. The predicted molar refractivity (Wildman–Crippen MR) is 122 cm³/mol. The molecule has 2 amide bonds. The van der Waals surface area contributed by atoms with Crippen LogP contribution in [-0.4, -0.2) is 48.7 Å². The average molecular weight is 541 g/mol. The molecule has 0 atom stereocenters. The monoisotopic (exact) mass is 539 g/mol. The Labute approximate surface area is 200 Å². The fourth-order valence-corrected chi connectivity index (χ4v) is 4.27. The van der Waals surface area contributed by atoms with Crippen molar-refractivity contribution in [2.75, 3.05) is 20.8 Å². The number of carbonyl (C=O) groups is 4. The number of hydrogen-bond acceptors (Lipinski definition) is 8. The highest BCUT2D eigenvalue weighted by Gasteiger charge is 2.36. The van der Waals surface area contributed by atoms with E-state index in [1.54, 1.807) is 24.3 Å². The van der Waals surface area contributed by atoms with Crippen molar-refractivity contribution in [3.05, 3.63) is 61.9 Å². The molecule has 1 aliphatic rings. The van der Waals surface area contributed by atoms with E-state index in [-0.39, 0.29) is 27.0 Å². The minimum atomic E-state index is -0.706. The summed E-state index contributed by atoms with van der Waals surface area (Å²) in [7, 11) is 2.56. The van der Waals surface area contributed by atoms with Crippen LogP contribution in [0.3, 0.4) is 0 Å². The third-order valence-electron chi connectivity index (χ3n) is 4.23. The van der Waals surface area contributed by atoms with Gasteiger partial charge in [-0.15, -0.1) is 0 Å². The van der Waals surface area contributed by atoms with Gasteiger partial charge in [-0.3, -0.25) is 19.3 Å². The van der Waals surface area contributed by atoms with Crippen molar-refractivity contribution in [1.29, 1.82) is 0 Å². The summed E-state index contributed by atoms with van der Waals surface area (Å²) in [5.41, 5.74) is 0.682. The third kappa shape index (κ3) is 5.14. The van der Waals surface area contributed by atoms with Crippen LogP contribution in [0.5, 0.6) is 11.5 Å². The maximum Gasteiger partial charge on any atom is 0.345 e. The summed E-state index contributed by atoms with van der Waals surface area (Å²) in [6.07, 6.45) is 1.47. The van der Waals surface area contributed by atoms with Gasteiger partial charge in [0.15, 0.2) is 11.5 Å². The number of thioether (sulfide) groups is 1. The topological polar surface area (TPSA) is 99.2 Å². The highest BCUT2D eigenvalue weighted by molar-refractivity contribution is 9.10. The van der Waals surface area contributed by atoms with E-state index in [9.17, 15) is 19.2 Å². The number of methoxy groups -OCH3 is 2. The number of halogens is 2. The van der Waals surface area contributed by atoms with Crippen LogP contribution in [0.1, 0.15) is 15.9 Å². The zero-order valence-electron chi connectivity index (χ0n) is 16.7. The van der Waals surface area contributed by atoms with Crippen LogP contribution in [0.2, 0.25) is 5.02 Å². The number of rotatable bonds is 6. The fraction of sp³-hybridized carbons (Fsp3) is 0.143. The van der Waals surface area contributed by atoms with Gasteiger partial charge in [0.25, 0.3) is 11.1 Å². The summed E-state index contributed by atoms with van der Waals surface area (Å²) >= 11 is 10.1. The van der Waals surface area contributed by atoms with Gasteiger partial charge in [-0.1, -0.05) is 23.7 Å². The highest BCUT2D eigenvalue weighted by Crippen LogP contribution is 2.39. The number of hydrogen-bond donors (Lipinski definition) is 0. The quantitative estimate of drug-likeness (QED) is 0.299. The van der Waals surface area contributed by atoms with Gasteiger partial charge in [-0.2, -0.15) is 0 Å². The second-order valence-electron chi connectivity index (χ2n) is 6.25. The molecule has 2 aromatic rings. The van der Waals surface area contributed by atoms with Crippen LogP contribution in [0.15, 0.2) is 45.8 Å². The number of nitrogens with zero attached hydrogens (tertiary/aromatic N) is 1. The lowest BCUT2D eigenvalue weighted by Crippen LogP contribution is -2.34. The lowest BCUT2D eigenvalue weighted by molar-refractivity contribution is -0.143. The van der Waals surface area contributed by atoms with Gasteiger partial charge in [0.05, 0.1) is 34.2 Å². The SMILES string of the molecule is COC(=O)CN1C(=O)S/C(=C\c2cc(Br)c(OC(=O)c3ccccc3Cl)c(OC)c2)C1=O. The zero-order valence-corrected chi connectivity index (χ0v) is 19.9. The Morgan fingerprint density at radius 2 is 1.91 bits per heavy atom. The lowest BCUT2D eigenvalue weighted by Gasteiger charge is -2.13. The van der Waals surface area contributed by atoms with Crippen molar-refractivity contribution in [3.63, 3.8) is 0 Å². The molecule has 3 rings (SSSR count). The van der Waals surface area contributed by atoms with Gasteiger partial charge in [0.1, 0.15) is 6.54 Å². The van der Waals surface area contributed by atoms with E-state index < -0.39 is 29.6 Å². The van der Waals surface area contributed by atoms with Gasteiger partial charge in [0.2, 0.25) is 0 Å². The largest absolute Gasteiger partial charge is 0.493 e. The molecular weight excluding hydrogens is 526 g/mol. The summed E-state index contributed by atoms with van der Waals surface area (Å²) in [4.78, 5) is 49.5. The Hall–Kier alpha value is -2.82. The first-order chi connectivity index (χ1) is 15.2. The highest BCUT2D eigenvalue weighted by atomic mass is 79.9. The molecule has 8 nitrogen and oxygen atoms in total. The number of esters is 2. The Morgan fingerprint density at radius 3 is 2.56 bits per heavy atom. The summed E-state index contributed by atoms with van der Waals surface area (Å²) in [5, 5.41) is -0.338. The number of carbonyl (C=O) groups excluding carboxylic acids is 4. The first-order valence-electron chi connectivity index (χ1n) is 8.91. The van der Waals surface area contributed by atoms with Crippen molar-refractivity contribution in [1.82, 2.24) is 4.90 Å². The number of ether oxygens (including phenoxy) is 3. The summed E-state index contributed by atoms with van der Waals surface area (Å²) in [6, 6.07) is 9.58. The van der Waals surface area contributed by atoms with E-state index in [2.05, 4.69) is 20.7 Å². The smallest absolute Gasteiger partial charge is 0.345 e. The maximum absolute atomic E-state index is 12.5. The molecule has 0 N–H and O–H groups in total. The van der Waals surface area contributed by atoms with E-state index in [4.69, 9.17) is 21.1 Å². The molecule has 0 spiro atoms. The van der Waals surface area contributed by atoms with Crippen LogP contribution in [0.4, 0.5) is 4.79 Å². The van der Waals surface area contributed by atoms with Gasteiger partial charge in [-0.05, 0) is 63.6 Å². The van der Waals surface area contributed by atoms with Crippen LogP contribution in [0.25, 0.3) is 6.08 Å². The molecule has 166 valence electrons. The molecule has 1 fully saturated rings. The second kappa shape index (κ2) is 10.2. The van der Waals surface area contributed by atoms with E-state index in [0.29, 0.717) is 21.8 Å². The molecule has 1 aliphatic heterocycles. The first kappa shape index (κ1) is 23.8. The predicted octanol–water partition coefficient (Wildman–Crippen LogP) is 4.54. The second-order valence-corrected chi connectivity index (χ2v) is 8.50. The zero-order chi connectivity index (χ0) is 23.4. The Kier molecular flexibility index (Phi) is 7.60. The molecule has 32 heavy (non-hydrogen) atoms. The minimum absolute atomic E-state index is 0.119. The molecule has 0 bridgehead atoms. The number of amides is 2. The minimum Gasteiger partial charge on any atom is -0.493 e. The Balaban J connectivity index is 1.88. The molecular formula is C21H15BrClNO7S. The summed E-state index contributed by atoms with van der Waals surface area (Å²) in [6.45, 7) is -0.470. The number of benzene rings is 2. The van der Waals surface area contributed by atoms with E-state index >= 15 is 0 Å². The summed E-state index contributed by atoms with van der Waals surface area (Å²) < 4.78 is 15.7. The third-order valence-corrected chi connectivity index (χ3v) is 6.05. The molecule has 11 heteroatoms. The molecule has 2 aromatic carbocycles. The normalized spacial score (nSPS) is 14.6. The molecule has 0 unspecified atom stereocenters. The molecule has 1 heterocycles. The Bertz CT molecular complexity index is 1150. The fourth-order valence-electron chi connectivity index (χ4n) is 2.68. The standard InChI is InChI=1S/C21H15BrClNO7S/c1-29-15-8-11(9-16-19(26)24(21(28)32-16)10-17(25)30-2)7-13(22)18(15)31-20(27)12-5-3-4-6-14(12)23/h3-9H,10H2,1-2H3/b16-9-. The average Bonchev–Trinajstić information content (AvgIpc) is 3.02. The first-order valence-corrected chi connectivity index (χ1v) is 10.9. The van der Waals surface area contributed by atoms with Crippen molar-refractivity contribution in [2.45, 2.75) is 0 Å². The van der Waals surface area contributed by atoms with Crippen molar-refractivity contribution in [2.24, 2.45) is 0 Å². The van der Waals surface area contributed by atoms with E-state index in [1.165, 1.54) is 32.4 Å². The van der Waals surface area contributed by atoms with Crippen molar-refractivity contribution < 1.29 is 33.4 Å².